The minimum absolute atomic E-state index is 0.406. The first-order valence-electron chi connectivity index (χ1n) is 10.6. The Hall–Kier alpha value is -2.97. The van der Waals surface area contributed by atoms with Crippen LogP contribution in [-0.2, 0) is 16.1 Å². The minimum atomic E-state index is -0.456. The molecule has 172 valence electrons. The molecular formula is C24H25ClN4O3S. The van der Waals surface area contributed by atoms with E-state index >= 15 is 0 Å². The maximum Gasteiger partial charge on any atom is 0.338 e. The Balaban J connectivity index is 1.61. The molecule has 3 aromatic rings. The monoisotopic (exact) mass is 484 g/mol. The maximum atomic E-state index is 12.7. The molecule has 0 bridgehead atoms. The van der Waals surface area contributed by atoms with Crippen molar-refractivity contribution in [2.75, 3.05) is 18.2 Å². The van der Waals surface area contributed by atoms with E-state index in [1.54, 1.807) is 16.4 Å². The van der Waals surface area contributed by atoms with Gasteiger partial charge in [-0.2, -0.15) is 4.98 Å². The molecule has 0 saturated heterocycles. The number of nitrogens with zero attached hydrogens (tertiary/aromatic N) is 3. The molecule has 1 aromatic heterocycles. The molecule has 0 saturated carbocycles. The summed E-state index contributed by atoms with van der Waals surface area (Å²) in [6.45, 7) is 4.39. The number of aromatic nitrogens is 3. The fourth-order valence-corrected chi connectivity index (χ4v) is 4.37. The highest BCUT2D eigenvalue weighted by Gasteiger charge is 2.35. The number of halogens is 1. The average Bonchev–Trinajstić information content (AvgIpc) is 3.23. The van der Waals surface area contributed by atoms with Gasteiger partial charge in [-0.15, -0.1) is 5.10 Å². The fraction of sp³-hybridized carbons (Fsp3) is 0.292. The summed E-state index contributed by atoms with van der Waals surface area (Å²) in [6, 6.07) is 14.7. The van der Waals surface area contributed by atoms with Crippen molar-refractivity contribution in [1.82, 2.24) is 14.8 Å². The van der Waals surface area contributed by atoms with Crippen LogP contribution in [0.15, 0.2) is 65.0 Å². The van der Waals surface area contributed by atoms with Gasteiger partial charge in [-0.3, -0.25) is 0 Å². The van der Waals surface area contributed by atoms with Gasteiger partial charge < -0.3 is 14.8 Å². The Kier molecular flexibility index (Phi) is 7.25. The van der Waals surface area contributed by atoms with E-state index in [1.807, 2.05) is 55.5 Å². The lowest BCUT2D eigenvalue weighted by Crippen LogP contribution is -2.29. The lowest BCUT2D eigenvalue weighted by molar-refractivity contribution is -0.136. The molecule has 0 spiro atoms. The number of methoxy groups -OCH3 is 1. The molecule has 33 heavy (non-hydrogen) atoms. The number of carbonyl (C=O) groups is 1. The largest absolute Gasteiger partial charge is 0.489 e. The zero-order valence-electron chi connectivity index (χ0n) is 18.7. The number of benzene rings is 2. The van der Waals surface area contributed by atoms with E-state index in [1.165, 1.54) is 7.11 Å². The third kappa shape index (κ3) is 5.17. The third-order valence-electron chi connectivity index (χ3n) is 5.19. The number of nitrogens with one attached hydrogen (secondary N) is 1. The molecule has 9 heteroatoms. The van der Waals surface area contributed by atoms with Gasteiger partial charge in [0.25, 0.3) is 0 Å². The number of anilines is 1. The van der Waals surface area contributed by atoms with Gasteiger partial charge in [-0.1, -0.05) is 54.6 Å². The van der Waals surface area contributed by atoms with Gasteiger partial charge in [0.15, 0.2) is 0 Å². The first kappa shape index (κ1) is 23.2. The van der Waals surface area contributed by atoms with Crippen LogP contribution in [0.2, 0.25) is 5.02 Å². The topological polar surface area (TPSA) is 78.3 Å². The van der Waals surface area contributed by atoms with Crippen molar-refractivity contribution in [3.05, 3.63) is 76.0 Å². The lowest BCUT2D eigenvalue weighted by Gasteiger charge is -2.27. The van der Waals surface area contributed by atoms with Crippen molar-refractivity contribution in [2.45, 2.75) is 38.1 Å². The van der Waals surface area contributed by atoms with E-state index in [2.05, 4.69) is 22.3 Å². The Morgan fingerprint density at radius 2 is 1.91 bits per heavy atom. The van der Waals surface area contributed by atoms with Crippen LogP contribution in [0.5, 0.6) is 5.75 Å². The van der Waals surface area contributed by atoms with Crippen molar-refractivity contribution >= 4 is 35.3 Å². The van der Waals surface area contributed by atoms with E-state index in [9.17, 15) is 4.79 Å². The van der Waals surface area contributed by atoms with E-state index in [-0.39, 0.29) is 0 Å². The van der Waals surface area contributed by atoms with Crippen molar-refractivity contribution in [3.63, 3.8) is 0 Å². The number of rotatable bonds is 8. The molecule has 1 aliphatic rings. The first-order valence-corrected chi connectivity index (χ1v) is 12.0. The van der Waals surface area contributed by atoms with Crippen LogP contribution in [0, 0.1) is 0 Å². The van der Waals surface area contributed by atoms with E-state index < -0.39 is 12.0 Å². The quantitative estimate of drug-likeness (QED) is 0.335. The summed E-state index contributed by atoms with van der Waals surface area (Å²) in [6.07, 6.45) is 1.02. The number of ether oxygens (including phenoxy) is 2. The van der Waals surface area contributed by atoms with Crippen LogP contribution >= 0.6 is 23.4 Å². The first-order chi connectivity index (χ1) is 16.0. The van der Waals surface area contributed by atoms with Gasteiger partial charge in [-0.25, -0.2) is 9.48 Å². The van der Waals surface area contributed by atoms with Crippen LogP contribution < -0.4 is 10.1 Å². The summed E-state index contributed by atoms with van der Waals surface area (Å²) in [5, 5.41) is 9.24. The molecule has 2 heterocycles. The van der Waals surface area contributed by atoms with Crippen molar-refractivity contribution in [2.24, 2.45) is 0 Å². The molecule has 0 aliphatic carbocycles. The highest BCUT2D eigenvalue weighted by molar-refractivity contribution is 7.99. The van der Waals surface area contributed by atoms with Gasteiger partial charge in [-0.05, 0) is 48.7 Å². The molecular weight excluding hydrogens is 460 g/mol. The Morgan fingerprint density at radius 3 is 2.58 bits per heavy atom. The predicted octanol–water partition coefficient (Wildman–Crippen LogP) is 5.47. The molecule has 2 aromatic carbocycles. The lowest BCUT2D eigenvalue weighted by atomic mass is 9.96. The zero-order chi connectivity index (χ0) is 23.4. The van der Waals surface area contributed by atoms with Crippen LogP contribution in [0.1, 0.15) is 37.4 Å². The van der Waals surface area contributed by atoms with Gasteiger partial charge in [0.05, 0.1) is 12.7 Å². The molecule has 1 unspecified atom stereocenters. The van der Waals surface area contributed by atoms with Crippen molar-refractivity contribution in [1.29, 1.82) is 0 Å². The summed E-state index contributed by atoms with van der Waals surface area (Å²) in [5.41, 5.74) is 3.10. The van der Waals surface area contributed by atoms with Crippen molar-refractivity contribution < 1.29 is 14.3 Å². The van der Waals surface area contributed by atoms with E-state index in [0.717, 1.165) is 29.1 Å². The van der Waals surface area contributed by atoms with Crippen molar-refractivity contribution in [3.8, 4) is 5.75 Å². The third-order valence-corrected chi connectivity index (χ3v) is 6.48. The molecule has 0 amide bonds. The summed E-state index contributed by atoms with van der Waals surface area (Å²) in [5.74, 6) is 1.84. The molecule has 0 radical (unpaired) electrons. The second kappa shape index (κ2) is 10.3. The number of hydrogen-bond donors (Lipinski definition) is 1. The van der Waals surface area contributed by atoms with Crippen LogP contribution in [0.3, 0.4) is 0 Å². The summed E-state index contributed by atoms with van der Waals surface area (Å²) < 4.78 is 12.7. The molecule has 4 rings (SSSR count). The Morgan fingerprint density at radius 1 is 1.18 bits per heavy atom. The zero-order valence-corrected chi connectivity index (χ0v) is 20.2. The van der Waals surface area contributed by atoms with Crippen LogP contribution in [0.4, 0.5) is 5.95 Å². The number of hydrogen-bond acceptors (Lipinski definition) is 7. The van der Waals surface area contributed by atoms with Gasteiger partial charge in [0.1, 0.15) is 18.4 Å². The second-order valence-electron chi connectivity index (χ2n) is 7.55. The predicted molar refractivity (Wildman–Crippen MR) is 130 cm³/mol. The number of allylic oxidation sites excluding steroid dienone is 1. The SMILES string of the molecule is CCCSc1nc2n(n1)C(c1ccc(OCc3ccc(Cl)cc3)cc1)C(C(=O)OC)=C(C)N2. The average molecular weight is 485 g/mol. The van der Waals surface area contributed by atoms with E-state index in [4.69, 9.17) is 21.1 Å². The number of fused-ring (bicyclic) bond motifs is 1. The van der Waals surface area contributed by atoms with Gasteiger partial charge in [0.2, 0.25) is 11.1 Å². The minimum Gasteiger partial charge on any atom is -0.489 e. The number of carbonyl (C=O) groups excluding carboxylic acids is 1. The van der Waals surface area contributed by atoms with Gasteiger partial charge in [0, 0.05) is 16.5 Å². The summed E-state index contributed by atoms with van der Waals surface area (Å²) in [4.78, 5) is 17.3. The number of esters is 1. The summed E-state index contributed by atoms with van der Waals surface area (Å²) >= 11 is 7.53. The number of thioether (sulfide) groups is 1. The molecule has 7 nitrogen and oxygen atoms in total. The highest BCUT2D eigenvalue weighted by Crippen LogP contribution is 2.37. The Labute approximate surface area is 202 Å². The molecule has 1 atom stereocenters. The van der Waals surface area contributed by atoms with Gasteiger partial charge >= 0.3 is 5.97 Å². The highest BCUT2D eigenvalue weighted by atomic mass is 35.5. The smallest absolute Gasteiger partial charge is 0.338 e. The second-order valence-corrected chi connectivity index (χ2v) is 9.05. The molecule has 1 aliphatic heterocycles. The molecule has 0 fully saturated rings. The van der Waals surface area contributed by atoms with Crippen LogP contribution in [-0.4, -0.2) is 33.6 Å². The maximum absolute atomic E-state index is 12.7. The fourth-order valence-electron chi connectivity index (χ4n) is 3.56. The standard InChI is InChI=1S/C24H25ClN4O3S/c1-4-13-33-24-27-23-26-15(2)20(22(30)31-3)21(29(23)28-24)17-7-11-19(12-8-17)32-14-16-5-9-18(25)10-6-16/h5-12,21H,4,13-14H2,1-3H3,(H,26,27,28). The van der Waals surface area contributed by atoms with E-state index in [0.29, 0.717) is 34.0 Å². The Bertz CT molecular complexity index is 1160. The molecule has 1 N–H and O–H groups in total. The normalized spacial score (nSPS) is 15.1. The summed E-state index contributed by atoms with van der Waals surface area (Å²) in [7, 11) is 1.38. The van der Waals surface area contributed by atoms with Crippen LogP contribution in [0.25, 0.3) is 0 Å².